The first-order valence-electron chi connectivity index (χ1n) is 11.3. The van der Waals surface area contributed by atoms with E-state index in [1.54, 1.807) is 14.2 Å². The van der Waals surface area contributed by atoms with Crippen molar-refractivity contribution < 1.29 is 19.0 Å². The van der Waals surface area contributed by atoms with Gasteiger partial charge in [0.2, 0.25) is 0 Å². The van der Waals surface area contributed by atoms with E-state index in [1.807, 2.05) is 65.7 Å². The molecule has 3 aromatic carbocycles. The quantitative estimate of drug-likeness (QED) is 0.537. The Morgan fingerprint density at radius 1 is 1.06 bits per heavy atom. The molecule has 6 rings (SSSR count). The first-order valence-corrected chi connectivity index (χ1v) is 12.1. The number of hydrazone groups is 1. The third kappa shape index (κ3) is 3.61. The van der Waals surface area contributed by atoms with Crippen LogP contribution in [0.4, 0.5) is 0 Å². The summed E-state index contributed by atoms with van der Waals surface area (Å²) >= 11 is 1.32. The van der Waals surface area contributed by atoms with E-state index in [0.29, 0.717) is 16.4 Å². The number of benzene rings is 3. The van der Waals surface area contributed by atoms with Gasteiger partial charge < -0.3 is 14.2 Å². The number of nitrogens with zero attached hydrogens (tertiary/aromatic N) is 2. The number of hydrogen-bond donors (Lipinski definition) is 1. The Bertz CT molecular complexity index is 1370. The average Bonchev–Trinajstić information content (AvgIpc) is 3.47. The van der Waals surface area contributed by atoms with Gasteiger partial charge in [0.1, 0.15) is 5.75 Å². The Morgan fingerprint density at radius 2 is 1.83 bits per heavy atom. The molecular weight excluding hydrogens is 462 g/mol. The van der Waals surface area contributed by atoms with Crippen LogP contribution in [0.2, 0.25) is 0 Å². The molecule has 0 aliphatic carbocycles. The highest BCUT2D eigenvalue weighted by atomic mass is 32.2. The van der Waals surface area contributed by atoms with Crippen molar-refractivity contribution in [1.82, 2.24) is 10.3 Å². The van der Waals surface area contributed by atoms with Gasteiger partial charge in [-0.15, -0.1) is 0 Å². The van der Waals surface area contributed by atoms with Crippen LogP contribution in [0, 0.1) is 0 Å². The summed E-state index contributed by atoms with van der Waals surface area (Å²) in [6.07, 6.45) is 2.55. The summed E-state index contributed by atoms with van der Waals surface area (Å²) in [6, 6.07) is 23.5. The van der Waals surface area contributed by atoms with Gasteiger partial charge in [-0.25, -0.2) is 5.01 Å². The normalized spacial score (nSPS) is 23.4. The van der Waals surface area contributed by atoms with E-state index in [-0.39, 0.29) is 11.9 Å². The molecule has 3 aliphatic rings. The molecule has 7 nitrogen and oxygen atoms in total. The molecule has 1 amide bonds. The molecule has 0 radical (unpaired) electrons. The second kappa shape index (κ2) is 8.39. The van der Waals surface area contributed by atoms with Crippen LogP contribution in [0.1, 0.15) is 29.2 Å². The number of hydrogen-bond acceptors (Lipinski definition) is 7. The van der Waals surface area contributed by atoms with Crippen molar-refractivity contribution in [1.29, 1.82) is 0 Å². The van der Waals surface area contributed by atoms with Crippen molar-refractivity contribution in [2.45, 2.75) is 17.6 Å². The van der Waals surface area contributed by atoms with Gasteiger partial charge in [-0.1, -0.05) is 54.6 Å². The molecule has 3 aromatic rings. The molecule has 1 spiro atoms. The van der Waals surface area contributed by atoms with Crippen LogP contribution in [0.3, 0.4) is 0 Å². The highest BCUT2D eigenvalue weighted by molar-refractivity contribution is 8.05. The zero-order chi connectivity index (χ0) is 24.0. The van der Waals surface area contributed by atoms with Crippen molar-refractivity contribution in [2.24, 2.45) is 5.10 Å². The SMILES string of the molecule is COc1ccc(/C=C2\S[C@]3(NC2=O)Oc2ccccc2[C@H]2CC(c4ccccc4)=NN23)cc1OC. The second-order valence-electron chi connectivity index (χ2n) is 8.38. The largest absolute Gasteiger partial charge is 0.493 e. The van der Waals surface area contributed by atoms with E-state index < -0.39 is 5.18 Å². The minimum Gasteiger partial charge on any atom is -0.493 e. The molecule has 3 aliphatic heterocycles. The standard InChI is InChI=1S/C27H23N3O4S/c1-32-23-13-12-17(14-24(23)33-2)15-25-26(31)28-27(35-25)30-21(19-10-6-7-11-22(19)34-27)16-20(29-30)18-8-4-3-5-9-18/h3-15,21H,16H2,1-2H3,(H,28,31)/b25-15-/t21-,27+/m1/s1. The molecule has 1 saturated heterocycles. The predicted octanol–water partition coefficient (Wildman–Crippen LogP) is 4.76. The van der Waals surface area contributed by atoms with Crippen LogP contribution in [0.5, 0.6) is 17.2 Å². The number of rotatable bonds is 4. The minimum absolute atomic E-state index is 0.0524. The monoisotopic (exact) mass is 485 g/mol. The van der Waals surface area contributed by atoms with Crippen molar-refractivity contribution in [2.75, 3.05) is 14.2 Å². The third-order valence-electron chi connectivity index (χ3n) is 6.29. The smallest absolute Gasteiger partial charge is 0.336 e. The Labute approximate surface area is 207 Å². The van der Waals surface area contributed by atoms with Crippen LogP contribution in [0.15, 0.2) is 82.8 Å². The van der Waals surface area contributed by atoms with Crippen LogP contribution in [-0.4, -0.2) is 36.0 Å². The van der Waals surface area contributed by atoms with E-state index in [2.05, 4.69) is 23.5 Å². The van der Waals surface area contributed by atoms with Gasteiger partial charge in [-0.2, -0.15) is 5.10 Å². The van der Waals surface area contributed by atoms with E-state index >= 15 is 0 Å². The maximum atomic E-state index is 13.2. The van der Waals surface area contributed by atoms with Gasteiger partial charge in [0.25, 0.3) is 5.91 Å². The predicted molar refractivity (Wildman–Crippen MR) is 135 cm³/mol. The van der Waals surface area contributed by atoms with E-state index in [1.165, 1.54) is 11.8 Å². The topological polar surface area (TPSA) is 72.4 Å². The summed E-state index contributed by atoms with van der Waals surface area (Å²) in [5, 5.41) is 8.76. The molecule has 0 unspecified atom stereocenters. The van der Waals surface area contributed by atoms with Gasteiger partial charge >= 0.3 is 5.18 Å². The Balaban J connectivity index is 1.39. The Morgan fingerprint density at radius 3 is 2.63 bits per heavy atom. The third-order valence-corrected chi connectivity index (χ3v) is 7.47. The van der Waals surface area contributed by atoms with Crippen LogP contribution >= 0.6 is 11.8 Å². The fraction of sp³-hybridized carbons (Fsp3) is 0.185. The molecule has 0 saturated carbocycles. The van der Waals surface area contributed by atoms with E-state index in [9.17, 15) is 4.79 Å². The molecular formula is C27H23N3O4S. The zero-order valence-electron chi connectivity index (χ0n) is 19.2. The number of carbonyl (C=O) groups is 1. The maximum Gasteiger partial charge on any atom is 0.336 e. The van der Waals surface area contributed by atoms with Crippen LogP contribution in [0.25, 0.3) is 6.08 Å². The van der Waals surface area contributed by atoms with Crippen LogP contribution in [-0.2, 0) is 4.79 Å². The molecule has 8 heteroatoms. The highest BCUT2D eigenvalue weighted by Crippen LogP contribution is 2.53. The molecule has 0 aromatic heterocycles. The number of nitrogens with one attached hydrogen (secondary N) is 1. The molecule has 1 fully saturated rings. The average molecular weight is 486 g/mol. The van der Waals surface area contributed by atoms with Crippen molar-refractivity contribution in [3.05, 3.63) is 94.4 Å². The summed E-state index contributed by atoms with van der Waals surface area (Å²) in [4.78, 5) is 13.7. The van der Waals surface area contributed by atoms with Gasteiger partial charge in [0.05, 0.1) is 30.9 Å². The second-order valence-corrected chi connectivity index (χ2v) is 9.58. The number of carbonyl (C=O) groups excluding carboxylic acids is 1. The lowest BCUT2D eigenvalue weighted by Crippen LogP contribution is -2.58. The molecule has 176 valence electrons. The minimum atomic E-state index is -1.17. The number of methoxy groups -OCH3 is 2. The fourth-order valence-corrected chi connectivity index (χ4v) is 5.81. The van der Waals surface area contributed by atoms with Gasteiger partial charge in [0, 0.05) is 12.0 Å². The Kier molecular flexibility index (Phi) is 5.18. The summed E-state index contributed by atoms with van der Waals surface area (Å²) in [5.41, 5.74) is 3.90. The van der Waals surface area contributed by atoms with E-state index in [0.717, 1.165) is 34.6 Å². The first kappa shape index (κ1) is 21.6. The fourth-order valence-electron chi connectivity index (χ4n) is 4.64. The zero-order valence-corrected chi connectivity index (χ0v) is 20.0. The summed E-state index contributed by atoms with van der Waals surface area (Å²) < 4.78 is 17.2. The lowest BCUT2D eigenvalue weighted by molar-refractivity contribution is -0.127. The number of para-hydroxylation sites is 1. The van der Waals surface area contributed by atoms with Crippen molar-refractivity contribution in [3.63, 3.8) is 0 Å². The van der Waals surface area contributed by atoms with Gasteiger partial charge in [-0.05, 0) is 47.2 Å². The molecule has 0 bridgehead atoms. The first-order chi connectivity index (χ1) is 17.1. The summed E-state index contributed by atoms with van der Waals surface area (Å²) in [6.45, 7) is 0. The summed E-state index contributed by atoms with van der Waals surface area (Å²) in [7, 11) is 3.18. The number of ether oxygens (including phenoxy) is 3. The van der Waals surface area contributed by atoms with Crippen LogP contribution < -0.4 is 19.5 Å². The maximum absolute atomic E-state index is 13.2. The van der Waals surface area contributed by atoms with Gasteiger partial charge in [-0.3, -0.25) is 10.1 Å². The summed E-state index contributed by atoms with van der Waals surface area (Å²) in [5.74, 6) is 1.76. The molecule has 2 atom stereocenters. The number of fused-ring (bicyclic) bond motifs is 4. The van der Waals surface area contributed by atoms with E-state index in [4.69, 9.17) is 19.3 Å². The number of amides is 1. The van der Waals surface area contributed by atoms with Crippen molar-refractivity contribution in [3.8, 4) is 17.2 Å². The lowest BCUT2D eigenvalue weighted by Gasteiger charge is -2.43. The molecule has 1 N–H and O–H groups in total. The van der Waals surface area contributed by atoms with Gasteiger partial charge in [0.15, 0.2) is 11.5 Å². The van der Waals surface area contributed by atoms with Crippen molar-refractivity contribution >= 4 is 29.5 Å². The highest BCUT2D eigenvalue weighted by Gasteiger charge is 2.57. The Hall–Kier alpha value is -3.91. The lowest BCUT2D eigenvalue weighted by atomic mass is 9.97. The molecule has 3 heterocycles. The molecule has 35 heavy (non-hydrogen) atoms. The number of thioether (sulfide) groups is 1.